The Kier molecular flexibility index (Phi) is 3.42. The van der Waals surface area contributed by atoms with Crippen molar-refractivity contribution in [2.75, 3.05) is 0 Å². The summed E-state index contributed by atoms with van der Waals surface area (Å²) in [5, 5.41) is 17.4. The van der Waals surface area contributed by atoms with Gasteiger partial charge < -0.3 is 9.05 Å². The molecule has 0 bridgehead atoms. The summed E-state index contributed by atoms with van der Waals surface area (Å²) in [5.74, 6) is 1.27. The molecule has 0 atom stereocenters. The summed E-state index contributed by atoms with van der Waals surface area (Å²) in [6.45, 7) is 1.68. The first kappa shape index (κ1) is 13.3. The molecule has 6 nitrogen and oxygen atoms in total. The third-order valence-corrected chi connectivity index (χ3v) is 3.15. The predicted molar refractivity (Wildman–Crippen MR) is 73.5 cm³/mol. The highest BCUT2D eigenvalue weighted by atomic mass is 35.5. The molecule has 0 aliphatic heterocycles. The smallest absolute Gasteiger partial charge is 0.233 e. The van der Waals surface area contributed by atoms with Crippen molar-refractivity contribution in [1.82, 2.24) is 15.3 Å². The Morgan fingerprint density at radius 3 is 2.90 bits per heavy atom. The summed E-state index contributed by atoms with van der Waals surface area (Å²) in [6.07, 6.45) is 0.244. The summed E-state index contributed by atoms with van der Waals surface area (Å²) in [4.78, 5) is 4.27. The lowest BCUT2D eigenvalue weighted by molar-refractivity contribution is 0.371. The number of nitriles is 1. The Bertz CT molecular complexity index is 832. The lowest BCUT2D eigenvalue weighted by Gasteiger charge is -1.93. The molecule has 7 heteroatoms. The third-order valence-electron chi connectivity index (χ3n) is 2.91. The van der Waals surface area contributed by atoms with Crippen molar-refractivity contribution in [2.45, 2.75) is 13.3 Å². The van der Waals surface area contributed by atoms with Crippen molar-refractivity contribution in [2.24, 2.45) is 0 Å². The van der Waals surface area contributed by atoms with Gasteiger partial charge in [0.15, 0.2) is 5.76 Å². The molecule has 0 amide bonds. The molecule has 0 spiro atoms. The van der Waals surface area contributed by atoms with E-state index < -0.39 is 0 Å². The summed E-state index contributed by atoms with van der Waals surface area (Å²) >= 11 is 5.93. The van der Waals surface area contributed by atoms with Gasteiger partial charge in [0, 0.05) is 10.6 Å². The maximum Gasteiger partial charge on any atom is 0.233 e. The lowest BCUT2D eigenvalue weighted by Crippen LogP contribution is -1.92. The van der Waals surface area contributed by atoms with Gasteiger partial charge in [0.25, 0.3) is 0 Å². The minimum atomic E-state index is 0.244. The normalized spacial score (nSPS) is 10.5. The minimum absolute atomic E-state index is 0.244. The van der Waals surface area contributed by atoms with Crippen LogP contribution >= 0.6 is 11.6 Å². The van der Waals surface area contributed by atoms with Crippen LogP contribution in [0.1, 0.15) is 22.9 Å². The first-order valence-corrected chi connectivity index (χ1v) is 6.49. The zero-order valence-corrected chi connectivity index (χ0v) is 11.8. The van der Waals surface area contributed by atoms with Crippen LogP contribution in [0.3, 0.4) is 0 Å². The molecule has 0 N–H and O–H groups in total. The maximum atomic E-state index is 9.05. The fraction of sp³-hybridized carbons (Fsp3) is 0.143. The van der Waals surface area contributed by atoms with Crippen LogP contribution in [0, 0.1) is 18.3 Å². The fourth-order valence-electron chi connectivity index (χ4n) is 1.90. The van der Waals surface area contributed by atoms with Crippen LogP contribution < -0.4 is 0 Å². The Balaban J connectivity index is 1.87. The van der Waals surface area contributed by atoms with Crippen LogP contribution in [0.2, 0.25) is 5.02 Å². The molecular weight excluding hydrogens is 292 g/mol. The van der Waals surface area contributed by atoms with Crippen molar-refractivity contribution in [3.8, 4) is 17.5 Å². The van der Waals surface area contributed by atoms with Crippen LogP contribution in [0.25, 0.3) is 11.4 Å². The van der Waals surface area contributed by atoms with Gasteiger partial charge in [-0.15, -0.1) is 0 Å². The van der Waals surface area contributed by atoms with E-state index in [2.05, 4.69) is 15.3 Å². The first-order chi connectivity index (χ1) is 10.2. The highest BCUT2D eigenvalue weighted by Gasteiger charge is 2.17. The van der Waals surface area contributed by atoms with Gasteiger partial charge in [-0.1, -0.05) is 34.0 Å². The van der Waals surface area contributed by atoms with Gasteiger partial charge in [0.05, 0.1) is 6.42 Å². The average molecular weight is 301 g/mol. The Morgan fingerprint density at radius 2 is 2.14 bits per heavy atom. The highest BCUT2D eigenvalue weighted by molar-refractivity contribution is 6.30. The van der Waals surface area contributed by atoms with E-state index in [-0.39, 0.29) is 6.42 Å². The molecule has 0 saturated carbocycles. The molecule has 21 heavy (non-hydrogen) atoms. The summed E-state index contributed by atoms with van der Waals surface area (Å²) in [6, 6.07) is 9.20. The molecule has 3 rings (SSSR count). The number of nitrogens with zero attached hydrogens (tertiary/aromatic N) is 4. The van der Waals surface area contributed by atoms with E-state index in [1.165, 1.54) is 0 Å². The molecule has 0 fully saturated rings. The van der Waals surface area contributed by atoms with E-state index in [1.807, 2.05) is 18.2 Å². The van der Waals surface area contributed by atoms with Gasteiger partial charge in [-0.2, -0.15) is 10.2 Å². The zero-order valence-electron chi connectivity index (χ0n) is 11.0. The standard InChI is InChI=1S/C14H9ClN4O2/c1-8-11(7-16)12(18-20-8)6-13-17-14(19-21-13)9-3-2-4-10(15)5-9/h2-5H,6H2,1H3. The van der Waals surface area contributed by atoms with Crippen LogP contribution in [0.5, 0.6) is 0 Å². The fourth-order valence-corrected chi connectivity index (χ4v) is 2.09. The van der Waals surface area contributed by atoms with Crippen molar-refractivity contribution in [3.63, 3.8) is 0 Å². The van der Waals surface area contributed by atoms with E-state index in [9.17, 15) is 0 Å². The summed E-state index contributed by atoms with van der Waals surface area (Å²) in [7, 11) is 0. The predicted octanol–water partition coefficient (Wildman–Crippen LogP) is 3.15. The molecule has 104 valence electrons. The SMILES string of the molecule is Cc1onc(Cc2nc(-c3cccc(Cl)c3)no2)c1C#N. The Labute approximate surface area is 124 Å². The van der Waals surface area contributed by atoms with Gasteiger partial charge in [-0.25, -0.2) is 0 Å². The monoisotopic (exact) mass is 300 g/mol. The molecule has 1 aromatic carbocycles. The molecule has 2 heterocycles. The van der Waals surface area contributed by atoms with E-state index in [0.717, 1.165) is 5.56 Å². The molecule has 0 aliphatic rings. The number of hydrogen-bond donors (Lipinski definition) is 0. The van der Waals surface area contributed by atoms with Crippen LogP contribution in [0.15, 0.2) is 33.3 Å². The molecule has 0 radical (unpaired) electrons. The van der Waals surface area contributed by atoms with Gasteiger partial charge in [0.2, 0.25) is 11.7 Å². The number of aromatic nitrogens is 3. The second-order valence-electron chi connectivity index (χ2n) is 4.37. The molecule has 2 aromatic heterocycles. The Morgan fingerprint density at radius 1 is 1.29 bits per heavy atom. The Hall–Kier alpha value is -2.65. The zero-order chi connectivity index (χ0) is 14.8. The van der Waals surface area contributed by atoms with Gasteiger partial charge in [-0.05, 0) is 19.1 Å². The van der Waals surface area contributed by atoms with Crippen molar-refractivity contribution >= 4 is 11.6 Å². The minimum Gasteiger partial charge on any atom is -0.360 e. The molecule has 0 saturated heterocycles. The van der Waals surface area contributed by atoms with E-state index in [4.69, 9.17) is 25.9 Å². The van der Waals surface area contributed by atoms with Crippen molar-refractivity contribution in [1.29, 1.82) is 5.26 Å². The summed E-state index contributed by atoms with van der Waals surface area (Å²) in [5.41, 5.74) is 1.64. The number of aryl methyl sites for hydroxylation is 1. The number of benzene rings is 1. The molecule has 0 unspecified atom stereocenters. The number of halogens is 1. The topological polar surface area (TPSA) is 88.7 Å². The van der Waals surface area contributed by atoms with Crippen molar-refractivity contribution in [3.05, 3.63) is 52.2 Å². The first-order valence-electron chi connectivity index (χ1n) is 6.11. The highest BCUT2D eigenvalue weighted by Crippen LogP contribution is 2.21. The van der Waals surface area contributed by atoms with E-state index in [0.29, 0.717) is 33.8 Å². The molecular formula is C14H9ClN4O2. The number of rotatable bonds is 3. The van der Waals surface area contributed by atoms with Gasteiger partial charge in [-0.3, -0.25) is 0 Å². The van der Waals surface area contributed by atoms with Crippen LogP contribution in [-0.4, -0.2) is 15.3 Å². The van der Waals surface area contributed by atoms with Crippen LogP contribution in [-0.2, 0) is 6.42 Å². The second-order valence-corrected chi connectivity index (χ2v) is 4.81. The van der Waals surface area contributed by atoms with Crippen LogP contribution in [0.4, 0.5) is 0 Å². The summed E-state index contributed by atoms with van der Waals surface area (Å²) < 4.78 is 10.2. The maximum absolute atomic E-state index is 9.05. The number of hydrogen-bond acceptors (Lipinski definition) is 6. The third kappa shape index (κ3) is 2.64. The van der Waals surface area contributed by atoms with E-state index in [1.54, 1.807) is 19.1 Å². The lowest BCUT2D eigenvalue weighted by atomic mass is 10.1. The largest absolute Gasteiger partial charge is 0.360 e. The van der Waals surface area contributed by atoms with Crippen molar-refractivity contribution < 1.29 is 9.05 Å². The van der Waals surface area contributed by atoms with Gasteiger partial charge >= 0.3 is 0 Å². The average Bonchev–Trinajstić information content (AvgIpc) is 3.07. The molecule has 3 aromatic rings. The van der Waals surface area contributed by atoms with E-state index >= 15 is 0 Å². The quantitative estimate of drug-likeness (QED) is 0.738. The van der Waals surface area contributed by atoms with Gasteiger partial charge in [0.1, 0.15) is 17.3 Å². The second kappa shape index (κ2) is 5.38. The molecule has 0 aliphatic carbocycles.